The Kier molecular flexibility index (Phi) is 4.24. The molecule has 0 unspecified atom stereocenters. The third-order valence-electron chi connectivity index (χ3n) is 3.47. The second-order valence-electron chi connectivity index (χ2n) is 5.04. The first kappa shape index (κ1) is 15.4. The molecule has 0 aliphatic carbocycles. The number of aryl methyl sites for hydroxylation is 2. The number of esters is 1. The Morgan fingerprint density at radius 2 is 2.22 bits per heavy atom. The van der Waals surface area contributed by atoms with Crippen LogP contribution in [0.1, 0.15) is 21.1 Å². The van der Waals surface area contributed by atoms with E-state index in [0.717, 1.165) is 28.1 Å². The van der Waals surface area contributed by atoms with E-state index >= 15 is 0 Å². The van der Waals surface area contributed by atoms with Gasteiger partial charge in [-0.2, -0.15) is 5.10 Å². The molecule has 0 radical (unpaired) electrons. The summed E-state index contributed by atoms with van der Waals surface area (Å²) in [6.45, 7) is 5.13. The monoisotopic (exact) mass is 331 g/mol. The van der Waals surface area contributed by atoms with E-state index in [1.54, 1.807) is 6.20 Å². The summed E-state index contributed by atoms with van der Waals surface area (Å²) >= 11 is 1.33. The third kappa shape index (κ3) is 3.02. The largest absolute Gasteiger partial charge is 0.465 e. The fraction of sp³-hybridized carbons (Fsp3) is 0.333. The second kappa shape index (κ2) is 6.33. The highest BCUT2D eigenvalue weighted by Crippen LogP contribution is 2.34. The molecule has 8 heteroatoms. The first-order valence-corrected chi connectivity index (χ1v) is 7.99. The van der Waals surface area contributed by atoms with Crippen LogP contribution in [0, 0.1) is 13.8 Å². The van der Waals surface area contributed by atoms with E-state index in [1.165, 1.54) is 18.4 Å². The molecule has 3 rings (SSSR count). The number of carbonyl (C=O) groups is 1. The van der Waals surface area contributed by atoms with Gasteiger partial charge < -0.3 is 10.1 Å². The molecule has 0 atom stereocenters. The molecule has 3 heterocycles. The molecule has 3 aromatic rings. The molecule has 120 valence electrons. The zero-order chi connectivity index (χ0) is 16.4. The summed E-state index contributed by atoms with van der Waals surface area (Å²) < 4.78 is 6.68. The maximum Gasteiger partial charge on any atom is 0.348 e. The van der Waals surface area contributed by atoms with Gasteiger partial charge in [0.05, 0.1) is 19.0 Å². The van der Waals surface area contributed by atoms with Crippen molar-refractivity contribution < 1.29 is 9.53 Å². The van der Waals surface area contributed by atoms with E-state index < -0.39 is 0 Å². The average Bonchev–Trinajstić information content (AvgIpc) is 3.14. The zero-order valence-electron chi connectivity index (χ0n) is 13.2. The number of ether oxygens (including phenoxy) is 1. The lowest BCUT2D eigenvalue weighted by atomic mass is 10.2. The molecule has 7 nitrogen and oxygen atoms in total. The molecule has 0 fully saturated rings. The Bertz CT molecular complexity index is 841. The summed E-state index contributed by atoms with van der Waals surface area (Å²) in [6.07, 6.45) is 3.66. The van der Waals surface area contributed by atoms with Crippen molar-refractivity contribution in [2.24, 2.45) is 0 Å². The number of fused-ring (bicyclic) bond motifs is 1. The summed E-state index contributed by atoms with van der Waals surface area (Å²) in [6, 6.07) is 1.89. The van der Waals surface area contributed by atoms with Gasteiger partial charge in [0.25, 0.3) is 0 Å². The van der Waals surface area contributed by atoms with Crippen LogP contribution < -0.4 is 5.32 Å². The van der Waals surface area contributed by atoms with E-state index in [9.17, 15) is 4.79 Å². The fourth-order valence-electron chi connectivity index (χ4n) is 2.38. The van der Waals surface area contributed by atoms with Crippen molar-refractivity contribution >= 4 is 33.3 Å². The zero-order valence-corrected chi connectivity index (χ0v) is 14.0. The molecule has 0 amide bonds. The van der Waals surface area contributed by atoms with Crippen molar-refractivity contribution in [3.63, 3.8) is 0 Å². The van der Waals surface area contributed by atoms with Crippen molar-refractivity contribution in [2.75, 3.05) is 19.0 Å². The number of rotatable bonds is 5. The van der Waals surface area contributed by atoms with Crippen molar-refractivity contribution in [3.05, 3.63) is 34.7 Å². The summed E-state index contributed by atoms with van der Waals surface area (Å²) in [7, 11) is 1.38. The summed E-state index contributed by atoms with van der Waals surface area (Å²) in [4.78, 5) is 22.2. The summed E-state index contributed by atoms with van der Waals surface area (Å²) in [5.41, 5.74) is 0.846. The van der Waals surface area contributed by atoms with Crippen molar-refractivity contribution in [1.29, 1.82) is 0 Å². The van der Waals surface area contributed by atoms with E-state index in [1.807, 2.05) is 30.8 Å². The molecule has 3 aromatic heterocycles. The lowest BCUT2D eigenvalue weighted by molar-refractivity contribution is 0.0605. The topological polar surface area (TPSA) is 81.9 Å². The quantitative estimate of drug-likeness (QED) is 0.723. The Morgan fingerprint density at radius 3 is 2.91 bits per heavy atom. The van der Waals surface area contributed by atoms with Crippen molar-refractivity contribution in [1.82, 2.24) is 19.7 Å². The fourth-order valence-corrected chi connectivity index (χ4v) is 3.53. The molecule has 0 aromatic carbocycles. The van der Waals surface area contributed by atoms with Crippen LogP contribution in [0.15, 0.2) is 18.5 Å². The van der Waals surface area contributed by atoms with Gasteiger partial charge in [-0.1, -0.05) is 0 Å². The van der Waals surface area contributed by atoms with Gasteiger partial charge in [0, 0.05) is 18.9 Å². The van der Waals surface area contributed by atoms with Crippen LogP contribution in [-0.2, 0) is 11.3 Å². The van der Waals surface area contributed by atoms with Crippen LogP contribution in [0.25, 0.3) is 10.2 Å². The second-order valence-corrected chi connectivity index (χ2v) is 6.04. The van der Waals surface area contributed by atoms with Gasteiger partial charge in [-0.3, -0.25) is 4.68 Å². The number of anilines is 1. The molecule has 0 aliphatic rings. The number of nitrogens with one attached hydrogen (secondary N) is 1. The lowest BCUT2D eigenvalue weighted by Gasteiger charge is -2.08. The van der Waals surface area contributed by atoms with Gasteiger partial charge in [-0.25, -0.2) is 14.8 Å². The molecule has 0 spiro atoms. The van der Waals surface area contributed by atoms with Gasteiger partial charge in [0.2, 0.25) is 0 Å². The molecular weight excluding hydrogens is 314 g/mol. The minimum atomic E-state index is -0.342. The number of methoxy groups -OCH3 is 1. The van der Waals surface area contributed by atoms with E-state index in [0.29, 0.717) is 17.2 Å². The Labute approximate surface area is 137 Å². The van der Waals surface area contributed by atoms with Gasteiger partial charge in [0.1, 0.15) is 21.3 Å². The molecule has 0 saturated heterocycles. The van der Waals surface area contributed by atoms with Gasteiger partial charge >= 0.3 is 5.97 Å². The summed E-state index contributed by atoms with van der Waals surface area (Å²) in [5, 5.41) is 8.36. The number of thiophene rings is 1. The SMILES string of the molecule is COC(=O)c1sc2nc(C)nc(NCCn3cccn3)c2c1C. The first-order valence-electron chi connectivity index (χ1n) is 7.17. The number of nitrogens with zero attached hydrogens (tertiary/aromatic N) is 4. The Morgan fingerprint density at radius 1 is 1.39 bits per heavy atom. The van der Waals surface area contributed by atoms with Crippen molar-refractivity contribution in [3.8, 4) is 0 Å². The number of hydrogen-bond donors (Lipinski definition) is 1. The normalized spacial score (nSPS) is 10.9. The molecule has 23 heavy (non-hydrogen) atoms. The van der Waals surface area contributed by atoms with Crippen LogP contribution in [0.5, 0.6) is 0 Å². The van der Waals surface area contributed by atoms with E-state index in [2.05, 4.69) is 20.4 Å². The van der Waals surface area contributed by atoms with Crippen LogP contribution in [0.4, 0.5) is 5.82 Å². The van der Waals surface area contributed by atoms with E-state index in [-0.39, 0.29) is 5.97 Å². The van der Waals surface area contributed by atoms with Gasteiger partial charge in [-0.15, -0.1) is 11.3 Å². The molecule has 0 saturated carbocycles. The maximum atomic E-state index is 11.9. The number of carbonyl (C=O) groups excluding carboxylic acids is 1. The Hall–Kier alpha value is -2.48. The van der Waals surface area contributed by atoms with Crippen molar-refractivity contribution in [2.45, 2.75) is 20.4 Å². The standard InChI is InChI=1S/C15H17N5O2S/c1-9-11-13(16-6-8-20-7-4-5-17-20)18-10(2)19-14(11)23-12(9)15(21)22-3/h4-5,7H,6,8H2,1-3H3,(H,16,18,19). The number of hydrogen-bond acceptors (Lipinski definition) is 7. The molecule has 1 N–H and O–H groups in total. The van der Waals surface area contributed by atoms with Crippen LogP contribution in [-0.4, -0.2) is 39.4 Å². The lowest BCUT2D eigenvalue weighted by Crippen LogP contribution is -2.12. The van der Waals surface area contributed by atoms with Crippen LogP contribution in [0.3, 0.4) is 0 Å². The summed E-state index contributed by atoms with van der Waals surface area (Å²) in [5.74, 6) is 1.06. The molecule has 0 aliphatic heterocycles. The highest BCUT2D eigenvalue weighted by atomic mass is 32.1. The highest BCUT2D eigenvalue weighted by molar-refractivity contribution is 7.20. The maximum absolute atomic E-state index is 11.9. The minimum Gasteiger partial charge on any atom is -0.465 e. The number of aromatic nitrogens is 4. The predicted octanol–water partition coefficient (Wildman–Crippen LogP) is 2.40. The Balaban J connectivity index is 1.92. The molecule has 0 bridgehead atoms. The smallest absolute Gasteiger partial charge is 0.348 e. The predicted molar refractivity (Wildman–Crippen MR) is 88.9 cm³/mol. The minimum absolute atomic E-state index is 0.342. The van der Waals surface area contributed by atoms with Gasteiger partial charge in [0.15, 0.2) is 0 Å². The van der Waals surface area contributed by atoms with Crippen LogP contribution >= 0.6 is 11.3 Å². The molecular formula is C15H17N5O2S. The average molecular weight is 331 g/mol. The highest BCUT2D eigenvalue weighted by Gasteiger charge is 2.20. The van der Waals surface area contributed by atoms with Gasteiger partial charge in [-0.05, 0) is 25.5 Å². The van der Waals surface area contributed by atoms with E-state index in [4.69, 9.17) is 4.74 Å². The van der Waals surface area contributed by atoms with Crippen LogP contribution in [0.2, 0.25) is 0 Å². The first-order chi connectivity index (χ1) is 11.1. The third-order valence-corrected chi connectivity index (χ3v) is 4.63.